The molecular formula is C17H20N2. The van der Waals surface area contributed by atoms with E-state index in [1.807, 2.05) is 0 Å². The van der Waals surface area contributed by atoms with Crippen LogP contribution in [0.25, 0.3) is 10.9 Å². The molecule has 2 N–H and O–H groups in total. The number of rotatable bonds is 4. The highest BCUT2D eigenvalue weighted by Crippen LogP contribution is 2.23. The Bertz CT molecular complexity index is 619. The van der Waals surface area contributed by atoms with Crippen LogP contribution in [-0.4, -0.2) is 18.1 Å². The van der Waals surface area contributed by atoms with Crippen molar-refractivity contribution in [3.63, 3.8) is 0 Å². The van der Waals surface area contributed by atoms with Crippen molar-refractivity contribution in [2.24, 2.45) is 0 Å². The number of para-hydroxylation sites is 1. The molecule has 1 aromatic carbocycles. The number of fused-ring (bicyclic) bond motifs is 1. The van der Waals surface area contributed by atoms with Gasteiger partial charge in [0.1, 0.15) is 0 Å². The minimum atomic E-state index is 0.434. The summed E-state index contributed by atoms with van der Waals surface area (Å²) in [5.74, 6) is 0. The fourth-order valence-corrected chi connectivity index (χ4v) is 2.85. The van der Waals surface area contributed by atoms with Gasteiger partial charge in [-0.1, -0.05) is 42.0 Å². The Morgan fingerprint density at radius 1 is 1.32 bits per heavy atom. The average Bonchev–Trinajstić information content (AvgIpc) is 2.89. The van der Waals surface area contributed by atoms with Gasteiger partial charge >= 0.3 is 0 Å². The molecule has 1 heterocycles. The molecule has 0 spiro atoms. The Hall–Kier alpha value is -1.80. The van der Waals surface area contributed by atoms with Gasteiger partial charge in [-0.3, -0.25) is 0 Å². The van der Waals surface area contributed by atoms with Gasteiger partial charge in [-0.15, -0.1) is 0 Å². The van der Waals surface area contributed by atoms with Crippen LogP contribution in [-0.2, 0) is 6.42 Å². The number of likely N-dealkylation sites (N-methyl/N-ethyl adjacent to an activating group) is 1. The van der Waals surface area contributed by atoms with Crippen molar-refractivity contribution in [2.75, 3.05) is 7.05 Å². The van der Waals surface area contributed by atoms with Gasteiger partial charge in [0.25, 0.3) is 0 Å². The highest BCUT2D eigenvalue weighted by molar-refractivity contribution is 5.83. The molecule has 98 valence electrons. The molecule has 1 aromatic heterocycles. The Morgan fingerprint density at radius 2 is 2.21 bits per heavy atom. The third-order valence-corrected chi connectivity index (χ3v) is 3.94. The van der Waals surface area contributed by atoms with Gasteiger partial charge in [0.15, 0.2) is 0 Å². The maximum absolute atomic E-state index is 3.46. The molecule has 1 unspecified atom stereocenters. The number of benzene rings is 1. The van der Waals surface area contributed by atoms with Crippen LogP contribution >= 0.6 is 0 Å². The van der Waals surface area contributed by atoms with Crippen molar-refractivity contribution in [1.29, 1.82) is 0 Å². The SMILES string of the molecule is CNC(Cc1c[nH]c2ccccc12)C1=CC=CCC1. The van der Waals surface area contributed by atoms with E-state index in [1.54, 1.807) is 0 Å². The molecule has 0 saturated heterocycles. The van der Waals surface area contributed by atoms with E-state index in [0.717, 1.165) is 12.8 Å². The third kappa shape index (κ3) is 2.49. The first-order valence-electron chi connectivity index (χ1n) is 6.96. The fourth-order valence-electron chi connectivity index (χ4n) is 2.85. The monoisotopic (exact) mass is 252 g/mol. The molecule has 2 nitrogen and oxygen atoms in total. The summed E-state index contributed by atoms with van der Waals surface area (Å²) in [6, 6.07) is 8.95. The largest absolute Gasteiger partial charge is 0.361 e. The summed E-state index contributed by atoms with van der Waals surface area (Å²) in [7, 11) is 2.05. The van der Waals surface area contributed by atoms with Crippen LogP contribution in [0.4, 0.5) is 0 Å². The molecule has 0 aliphatic heterocycles. The summed E-state index contributed by atoms with van der Waals surface area (Å²) >= 11 is 0. The van der Waals surface area contributed by atoms with E-state index in [1.165, 1.54) is 28.5 Å². The van der Waals surface area contributed by atoms with Crippen molar-refractivity contribution >= 4 is 10.9 Å². The highest BCUT2D eigenvalue weighted by Gasteiger charge is 2.15. The van der Waals surface area contributed by atoms with Crippen molar-refractivity contribution in [3.05, 3.63) is 59.8 Å². The third-order valence-electron chi connectivity index (χ3n) is 3.94. The van der Waals surface area contributed by atoms with E-state index in [2.05, 4.69) is 66.0 Å². The molecule has 0 radical (unpaired) electrons. The topological polar surface area (TPSA) is 27.8 Å². The molecule has 19 heavy (non-hydrogen) atoms. The zero-order chi connectivity index (χ0) is 13.1. The number of aromatic amines is 1. The molecule has 0 bridgehead atoms. The minimum Gasteiger partial charge on any atom is -0.361 e. The lowest BCUT2D eigenvalue weighted by molar-refractivity contribution is 0.608. The summed E-state index contributed by atoms with van der Waals surface area (Å²) in [6.07, 6.45) is 12.2. The molecule has 0 fully saturated rings. The summed E-state index contributed by atoms with van der Waals surface area (Å²) in [5, 5.41) is 4.80. The summed E-state index contributed by atoms with van der Waals surface area (Å²) in [6.45, 7) is 0. The molecule has 1 atom stereocenters. The van der Waals surface area contributed by atoms with Crippen molar-refractivity contribution in [3.8, 4) is 0 Å². The summed E-state index contributed by atoms with van der Waals surface area (Å²) in [4.78, 5) is 3.36. The van der Waals surface area contributed by atoms with E-state index in [9.17, 15) is 0 Å². The van der Waals surface area contributed by atoms with Crippen molar-refractivity contribution in [1.82, 2.24) is 10.3 Å². The number of nitrogens with one attached hydrogen (secondary N) is 2. The first kappa shape index (κ1) is 12.2. The van der Waals surface area contributed by atoms with E-state index in [4.69, 9.17) is 0 Å². The first-order valence-corrected chi connectivity index (χ1v) is 6.96. The Kier molecular flexibility index (Phi) is 3.51. The normalized spacial score (nSPS) is 16.6. The van der Waals surface area contributed by atoms with Gasteiger partial charge in [-0.25, -0.2) is 0 Å². The molecular weight excluding hydrogens is 232 g/mol. The van der Waals surface area contributed by atoms with Gasteiger partial charge in [0.2, 0.25) is 0 Å². The molecule has 1 aliphatic carbocycles. The maximum Gasteiger partial charge on any atom is 0.0456 e. The molecule has 0 amide bonds. The lowest BCUT2D eigenvalue weighted by Gasteiger charge is -2.21. The maximum atomic E-state index is 3.46. The fraction of sp³-hybridized carbons (Fsp3) is 0.294. The molecule has 2 aromatic rings. The smallest absolute Gasteiger partial charge is 0.0456 e. The number of H-pyrrole nitrogens is 1. The zero-order valence-electron chi connectivity index (χ0n) is 11.3. The summed E-state index contributed by atoms with van der Waals surface area (Å²) in [5.41, 5.74) is 4.13. The Labute approximate surface area is 114 Å². The molecule has 1 aliphatic rings. The van der Waals surface area contributed by atoms with Gasteiger partial charge in [0.05, 0.1) is 0 Å². The lowest BCUT2D eigenvalue weighted by atomic mass is 9.93. The van der Waals surface area contributed by atoms with Crippen LogP contribution in [0.3, 0.4) is 0 Å². The highest BCUT2D eigenvalue weighted by atomic mass is 14.9. The predicted octanol–water partition coefficient (Wildman–Crippen LogP) is 3.57. The Balaban J connectivity index is 1.86. The molecule has 3 rings (SSSR count). The van der Waals surface area contributed by atoms with E-state index in [-0.39, 0.29) is 0 Å². The van der Waals surface area contributed by atoms with E-state index in [0.29, 0.717) is 6.04 Å². The second-order valence-electron chi connectivity index (χ2n) is 5.11. The van der Waals surface area contributed by atoms with Gasteiger partial charge < -0.3 is 10.3 Å². The standard InChI is InChI=1S/C17H20N2/c1-18-17(13-7-3-2-4-8-13)11-14-12-19-16-10-6-5-9-15(14)16/h2-3,5-7,9-10,12,17-19H,4,8,11H2,1H3. The van der Waals surface area contributed by atoms with Gasteiger partial charge in [0, 0.05) is 23.1 Å². The van der Waals surface area contributed by atoms with Gasteiger partial charge in [-0.2, -0.15) is 0 Å². The number of hydrogen-bond acceptors (Lipinski definition) is 1. The molecule has 2 heteroatoms. The number of aromatic nitrogens is 1. The van der Waals surface area contributed by atoms with Crippen LogP contribution in [0.15, 0.2) is 54.3 Å². The van der Waals surface area contributed by atoms with Crippen LogP contribution in [0.5, 0.6) is 0 Å². The number of allylic oxidation sites excluding steroid dienone is 3. The van der Waals surface area contributed by atoms with E-state index < -0.39 is 0 Å². The molecule has 0 saturated carbocycles. The van der Waals surface area contributed by atoms with E-state index >= 15 is 0 Å². The number of hydrogen-bond donors (Lipinski definition) is 2. The zero-order valence-corrected chi connectivity index (χ0v) is 11.3. The van der Waals surface area contributed by atoms with Crippen LogP contribution < -0.4 is 5.32 Å². The van der Waals surface area contributed by atoms with Crippen LogP contribution in [0, 0.1) is 0 Å². The minimum absolute atomic E-state index is 0.434. The first-order chi connectivity index (χ1) is 9.38. The van der Waals surface area contributed by atoms with Crippen LogP contribution in [0.2, 0.25) is 0 Å². The quantitative estimate of drug-likeness (QED) is 0.855. The summed E-state index contributed by atoms with van der Waals surface area (Å²) < 4.78 is 0. The van der Waals surface area contributed by atoms with Crippen molar-refractivity contribution < 1.29 is 0 Å². The average molecular weight is 252 g/mol. The second kappa shape index (κ2) is 5.45. The van der Waals surface area contributed by atoms with Crippen molar-refractivity contribution in [2.45, 2.75) is 25.3 Å². The Morgan fingerprint density at radius 3 is 3.00 bits per heavy atom. The van der Waals surface area contributed by atoms with Gasteiger partial charge in [-0.05, 0) is 37.9 Å². The van der Waals surface area contributed by atoms with Crippen LogP contribution in [0.1, 0.15) is 18.4 Å². The second-order valence-corrected chi connectivity index (χ2v) is 5.11. The lowest BCUT2D eigenvalue weighted by Crippen LogP contribution is -2.30. The predicted molar refractivity (Wildman–Crippen MR) is 81.3 cm³/mol.